The van der Waals surface area contributed by atoms with E-state index in [4.69, 9.17) is 0 Å². The van der Waals surface area contributed by atoms with E-state index >= 15 is 0 Å². The molecule has 1 amide bonds. The number of amides is 1. The monoisotopic (exact) mass is 266 g/mol. The first kappa shape index (κ1) is 13.3. The molecular formula is C14H26N4O. The minimum absolute atomic E-state index is 0.0271. The standard InChI is InChI=1S/C14H26N4O/c1-2-16-14(19)12-9-15-5-8-18(12)13-10-17-6-3-11(13)4-7-17/h11-13,15H,2-10H2,1H3,(H,16,19). The first-order valence-corrected chi connectivity index (χ1v) is 7.76. The van der Waals surface area contributed by atoms with E-state index in [1.54, 1.807) is 0 Å². The van der Waals surface area contributed by atoms with Crippen LogP contribution < -0.4 is 10.6 Å². The molecule has 0 radical (unpaired) electrons. The minimum atomic E-state index is 0.0271. The highest BCUT2D eigenvalue weighted by molar-refractivity contribution is 5.82. The summed E-state index contributed by atoms with van der Waals surface area (Å²) in [6.45, 7) is 9.24. The lowest BCUT2D eigenvalue weighted by Crippen LogP contribution is -2.66. The summed E-state index contributed by atoms with van der Waals surface area (Å²) in [6.07, 6.45) is 2.63. The molecule has 4 aliphatic rings. The lowest BCUT2D eigenvalue weighted by molar-refractivity contribution is -0.130. The van der Waals surface area contributed by atoms with Gasteiger partial charge in [0.1, 0.15) is 6.04 Å². The van der Waals surface area contributed by atoms with Crippen LogP contribution in [0, 0.1) is 5.92 Å². The van der Waals surface area contributed by atoms with Crippen LogP contribution in [-0.2, 0) is 4.79 Å². The summed E-state index contributed by atoms with van der Waals surface area (Å²) in [5, 5.41) is 6.37. The SMILES string of the molecule is CCNC(=O)C1CNCCN1C1CN2CCC1CC2. The predicted octanol–water partition coefficient (Wildman–Crippen LogP) is -0.509. The van der Waals surface area contributed by atoms with Gasteiger partial charge in [-0.2, -0.15) is 0 Å². The average molecular weight is 266 g/mol. The molecule has 108 valence electrons. The van der Waals surface area contributed by atoms with Crippen molar-refractivity contribution < 1.29 is 4.79 Å². The molecule has 19 heavy (non-hydrogen) atoms. The number of carbonyl (C=O) groups is 1. The molecule has 0 aliphatic carbocycles. The van der Waals surface area contributed by atoms with Crippen molar-refractivity contribution in [3.8, 4) is 0 Å². The molecule has 2 unspecified atom stereocenters. The average Bonchev–Trinajstić information content (AvgIpc) is 2.48. The largest absolute Gasteiger partial charge is 0.355 e. The van der Waals surface area contributed by atoms with Crippen LogP contribution in [0.2, 0.25) is 0 Å². The zero-order valence-electron chi connectivity index (χ0n) is 11.9. The van der Waals surface area contributed by atoms with E-state index in [1.165, 1.54) is 32.5 Å². The van der Waals surface area contributed by atoms with Gasteiger partial charge in [0.05, 0.1) is 0 Å². The van der Waals surface area contributed by atoms with Crippen molar-refractivity contribution in [1.82, 2.24) is 20.4 Å². The summed E-state index contributed by atoms with van der Waals surface area (Å²) in [7, 11) is 0. The van der Waals surface area contributed by atoms with Crippen LogP contribution in [0.15, 0.2) is 0 Å². The molecule has 0 aromatic carbocycles. The van der Waals surface area contributed by atoms with Crippen molar-refractivity contribution in [1.29, 1.82) is 0 Å². The fourth-order valence-corrected chi connectivity index (χ4v) is 3.96. The summed E-state index contributed by atoms with van der Waals surface area (Å²) >= 11 is 0. The molecule has 0 aromatic heterocycles. The van der Waals surface area contributed by atoms with Crippen molar-refractivity contribution in [2.45, 2.75) is 31.8 Å². The zero-order valence-corrected chi connectivity index (χ0v) is 11.9. The van der Waals surface area contributed by atoms with Gasteiger partial charge in [-0.25, -0.2) is 0 Å². The van der Waals surface area contributed by atoms with Crippen LogP contribution in [0.4, 0.5) is 0 Å². The van der Waals surface area contributed by atoms with Gasteiger partial charge in [-0.05, 0) is 38.8 Å². The topological polar surface area (TPSA) is 47.6 Å². The molecule has 4 saturated heterocycles. The third-order valence-corrected chi connectivity index (χ3v) is 4.99. The van der Waals surface area contributed by atoms with E-state index in [2.05, 4.69) is 20.4 Å². The van der Waals surface area contributed by atoms with Gasteiger partial charge in [0.15, 0.2) is 0 Å². The Kier molecular flexibility index (Phi) is 4.05. The second-order valence-corrected chi connectivity index (χ2v) is 6.06. The van der Waals surface area contributed by atoms with Crippen molar-refractivity contribution >= 4 is 5.91 Å². The molecular weight excluding hydrogens is 240 g/mol. The van der Waals surface area contributed by atoms with E-state index in [-0.39, 0.29) is 11.9 Å². The highest BCUT2D eigenvalue weighted by atomic mass is 16.2. The Morgan fingerprint density at radius 3 is 2.74 bits per heavy atom. The van der Waals surface area contributed by atoms with Gasteiger partial charge in [-0.15, -0.1) is 0 Å². The summed E-state index contributed by atoms with van der Waals surface area (Å²) in [5.41, 5.74) is 0. The second kappa shape index (κ2) is 5.77. The summed E-state index contributed by atoms with van der Waals surface area (Å²) in [5.74, 6) is 1.01. The fourth-order valence-electron chi connectivity index (χ4n) is 3.96. The Bertz CT molecular complexity index is 327. The lowest BCUT2D eigenvalue weighted by atomic mass is 9.82. The smallest absolute Gasteiger partial charge is 0.238 e. The lowest BCUT2D eigenvalue weighted by Gasteiger charge is -2.52. The van der Waals surface area contributed by atoms with E-state index in [0.29, 0.717) is 6.04 Å². The normalized spacial score (nSPS) is 39.2. The summed E-state index contributed by atoms with van der Waals surface area (Å²) in [4.78, 5) is 17.3. The van der Waals surface area contributed by atoms with Gasteiger partial charge >= 0.3 is 0 Å². The Morgan fingerprint density at radius 1 is 1.32 bits per heavy atom. The number of hydrogen-bond acceptors (Lipinski definition) is 4. The highest BCUT2D eigenvalue weighted by Gasteiger charge is 2.42. The van der Waals surface area contributed by atoms with E-state index in [1.807, 2.05) is 6.92 Å². The molecule has 2 atom stereocenters. The summed E-state index contributed by atoms with van der Waals surface area (Å²) < 4.78 is 0. The molecule has 4 fully saturated rings. The maximum Gasteiger partial charge on any atom is 0.238 e. The first-order chi connectivity index (χ1) is 9.29. The summed E-state index contributed by atoms with van der Waals surface area (Å²) in [6, 6.07) is 0.622. The molecule has 0 aromatic rings. The van der Waals surface area contributed by atoms with Crippen LogP contribution in [0.25, 0.3) is 0 Å². The minimum Gasteiger partial charge on any atom is -0.355 e. The molecule has 5 nitrogen and oxygen atoms in total. The van der Waals surface area contributed by atoms with Crippen LogP contribution in [0.5, 0.6) is 0 Å². The molecule has 4 aliphatic heterocycles. The Labute approximate surface area is 115 Å². The number of carbonyl (C=O) groups excluding carboxylic acids is 1. The number of likely N-dealkylation sites (N-methyl/N-ethyl adjacent to an activating group) is 1. The van der Waals surface area contributed by atoms with Gasteiger partial charge < -0.3 is 15.5 Å². The molecule has 4 heterocycles. The number of nitrogens with one attached hydrogen (secondary N) is 2. The first-order valence-electron chi connectivity index (χ1n) is 7.76. The number of hydrogen-bond donors (Lipinski definition) is 2. The third-order valence-electron chi connectivity index (χ3n) is 4.99. The maximum absolute atomic E-state index is 12.3. The van der Waals surface area contributed by atoms with Crippen molar-refractivity contribution in [3.63, 3.8) is 0 Å². The van der Waals surface area contributed by atoms with Gasteiger partial charge in [-0.3, -0.25) is 9.69 Å². The predicted molar refractivity (Wildman–Crippen MR) is 75.0 cm³/mol. The maximum atomic E-state index is 12.3. The number of rotatable bonds is 3. The Hall–Kier alpha value is -0.650. The van der Waals surface area contributed by atoms with Gasteiger partial charge in [-0.1, -0.05) is 0 Å². The third kappa shape index (κ3) is 2.64. The zero-order chi connectivity index (χ0) is 13.2. The van der Waals surface area contributed by atoms with Crippen LogP contribution in [-0.4, -0.2) is 73.6 Å². The van der Waals surface area contributed by atoms with E-state index in [9.17, 15) is 4.79 Å². The Balaban J connectivity index is 1.71. The van der Waals surface area contributed by atoms with Crippen molar-refractivity contribution in [2.24, 2.45) is 5.92 Å². The van der Waals surface area contributed by atoms with Gasteiger partial charge in [0, 0.05) is 38.8 Å². The fraction of sp³-hybridized carbons (Fsp3) is 0.929. The molecule has 4 rings (SSSR count). The molecule has 5 heteroatoms. The number of fused-ring (bicyclic) bond motifs is 3. The van der Waals surface area contributed by atoms with E-state index in [0.717, 1.165) is 32.1 Å². The van der Waals surface area contributed by atoms with Gasteiger partial charge in [0.25, 0.3) is 0 Å². The highest BCUT2D eigenvalue weighted by Crippen LogP contribution is 2.32. The second-order valence-electron chi connectivity index (χ2n) is 6.06. The van der Waals surface area contributed by atoms with Crippen LogP contribution in [0.3, 0.4) is 0 Å². The van der Waals surface area contributed by atoms with Crippen molar-refractivity contribution in [2.75, 3.05) is 45.8 Å². The molecule has 2 N–H and O–H groups in total. The number of piperidine rings is 3. The molecule has 2 bridgehead atoms. The Morgan fingerprint density at radius 2 is 2.11 bits per heavy atom. The molecule has 0 saturated carbocycles. The quantitative estimate of drug-likeness (QED) is 0.722. The number of nitrogens with zero attached hydrogens (tertiary/aromatic N) is 2. The van der Waals surface area contributed by atoms with Crippen LogP contribution in [0.1, 0.15) is 19.8 Å². The van der Waals surface area contributed by atoms with Crippen LogP contribution >= 0.6 is 0 Å². The molecule has 0 spiro atoms. The van der Waals surface area contributed by atoms with Crippen molar-refractivity contribution in [3.05, 3.63) is 0 Å². The van der Waals surface area contributed by atoms with E-state index < -0.39 is 0 Å². The number of piperazine rings is 1. The van der Waals surface area contributed by atoms with Gasteiger partial charge in [0.2, 0.25) is 5.91 Å².